The first-order valence-electron chi connectivity index (χ1n) is 7.65. The van der Waals surface area contributed by atoms with E-state index in [4.69, 9.17) is 9.47 Å². The van der Waals surface area contributed by atoms with Gasteiger partial charge in [-0.05, 0) is 29.0 Å². The summed E-state index contributed by atoms with van der Waals surface area (Å²) < 4.78 is 10.7. The van der Waals surface area contributed by atoms with Crippen LogP contribution in [0.1, 0.15) is 15.9 Å². The first-order chi connectivity index (χ1) is 11.7. The second kappa shape index (κ2) is 7.01. The number of ketones is 1. The predicted octanol–water partition coefficient (Wildman–Crippen LogP) is 4.75. The van der Waals surface area contributed by atoms with Gasteiger partial charge >= 0.3 is 0 Å². The average Bonchev–Trinajstić information content (AvgIpc) is 2.65. The van der Waals surface area contributed by atoms with Crippen molar-refractivity contribution in [3.63, 3.8) is 0 Å². The average molecular weight is 318 g/mol. The molecule has 0 saturated carbocycles. The summed E-state index contributed by atoms with van der Waals surface area (Å²) in [6, 6.07) is 19.2. The second-order valence-corrected chi connectivity index (χ2v) is 5.31. The molecule has 0 fully saturated rings. The van der Waals surface area contributed by atoms with E-state index < -0.39 is 0 Å². The van der Waals surface area contributed by atoms with Crippen molar-refractivity contribution in [3.05, 3.63) is 77.9 Å². The molecule has 24 heavy (non-hydrogen) atoms. The van der Waals surface area contributed by atoms with Gasteiger partial charge in [0, 0.05) is 11.1 Å². The molecule has 0 aliphatic carbocycles. The molecule has 3 aromatic rings. The van der Waals surface area contributed by atoms with Crippen LogP contribution in [0.3, 0.4) is 0 Å². The van der Waals surface area contributed by atoms with Crippen molar-refractivity contribution < 1.29 is 14.3 Å². The van der Waals surface area contributed by atoms with Crippen molar-refractivity contribution in [2.45, 2.75) is 0 Å². The maximum atomic E-state index is 12.6. The minimum Gasteiger partial charge on any atom is -0.493 e. The Morgan fingerprint density at radius 2 is 1.62 bits per heavy atom. The van der Waals surface area contributed by atoms with E-state index in [0.717, 1.165) is 16.3 Å². The Bertz CT molecular complexity index is 905. The molecule has 0 aromatic heterocycles. The molecule has 3 nitrogen and oxygen atoms in total. The van der Waals surface area contributed by atoms with E-state index in [2.05, 4.69) is 0 Å². The van der Waals surface area contributed by atoms with Crippen LogP contribution in [-0.4, -0.2) is 20.0 Å². The highest BCUT2D eigenvalue weighted by Gasteiger charge is 2.09. The Hall–Kier alpha value is -3.07. The van der Waals surface area contributed by atoms with Gasteiger partial charge in [0.25, 0.3) is 0 Å². The molecule has 0 amide bonds. The molecule has 0 aliphatic rings. The molecule has 0 unspecified atom stereocenters. The molecule has 0 radical (unpaired) electrons. The molecular formula is C21H18O3. The van der Waals surface area contributed by atoms with E-state index in [1.165, 1.54) is 0 Å². The van der Waals surface area contributed by atoms with Gasteiger partial charge < -0.3 is 9.47 Å². The van der Waals surface area contributed by atoms with Crippen LogP contribution in [0, 0.1) is 0 Å². The van der Waals surface area contributed by atoms with Gasteiger partial charge in [0.05, 0.1) is 14.2 Å². The van der Waals surface area contributed by atoms with Gasteiger partial charge in [-0.2, -0.15) is 0 Å². The number of hydrogen-bond donors (Lipinski definition) is 0. The Kier molecular flexibility index (Phi) is 4.62. The number of rotatable bonds is 5. The summed E-state index contributed by atoms with van der Waals surface area (Å²) in [5.41, 5.74) is 1.48. The fraction of sp³-hybridized carbons (Fsp3) is 0.0952. The number of carbonyl (C=O) groups is 1. The van der Waals surface area contributed by atoms with E-state index in [-0.39, 0.29) is 5.78 Å². The van der Waals surface area contributed by atoms with Crippen LogP contribution >= 0.6 is 0 Å². The minimum absolute atomic E-state index is 0.0447. The monoisotopic (exact) mass is 318 g/mol. The van der Waals surface area contributed by atoms with E-state index in [1.807, 2.05) is 60.7 Å². The third-order valence-electron chi connectivity index (χ3n) is 3.90. The summed E-state index contributed by atoms with van der Waals surface area (Å²) in [6.45, 7) is 0. The predicted molar refractivity (Wildman–Crippen MR) is 96.9 cm³/mol. The zero-order valence-corrected chi connectivity index (χ0v) is 13.7. The number of hydrogen-bond acceptors (Lipinski definition) is 3. The highest BCUT2D eigenvalue weighted by molar-refractivity contribution is 6.14. The van der Waals surface area contributed by atoms with E-state index in [0.29, 0.717) is 17.1 Å². The molecule has 3 rings (SSSR count). The third-order valence-corrected chi connectivity index (χ3v) is 3.90. The lowest BCUT2D eigenvalue weighted by molar-refractivity contribution is 0.104. The first kappa shape index (κ1) is 15.8. The topological polar surface area (TPSA) is 35.5 Å². The van der Waals surface area contributed by atoms with Crippen LogP contribution in [0.25, 0.3) is 16.8 Å². The zero-order chi connectivity index (χ0) is 16.9. The second-order valence-electron chi connectivity index (χ2n) is 5.31. The number of benzene rings is 3. The Balaban J connectivity index is 1.96. The lowest BCUT2D eigenvalue weighted by Gasteiger charge is -2.09. The Morgan fingerprint density at radius 1 is 0.875 bits per heavy atom. The standard InChI is InChI=1S/C21H18O3/c1-23-20-12-6-9-16(21(20)24-2)13-14-19(22)18-11-5-8-15-7-3-4-10-17(15)18/h3-14H,1-2H3/b14-13+. The molecular weight excluding hydrogens is 300 g/mol. The fourth-order valence-corrected chi connectivity index (χ4v) is 2.74. The summed E-state index contributed by atoms with van der Waals surface area (Å²) in [5.74, 6) is 1.20. The smallest absolute Gasteiger partial charge is 0.186 e. The summed E-state index contributed by atoms with van der Waals surface area (Å²) in [7, 11) is 3.17. The number of fused-ring (bicyclic) bond motifs is 1. The summed E-state index contributed by atoms with van der Waals surface area (Å²) in [4.78, 5) is 12.6. The van der Waals surface area contributed by atoms with Crippen molar-refractivity contribution in [1.29, 1.82) is 0 Å². The number of ether oxygens (including phenoxy) is 2. The highest BCUT2D eigenvalue weighted by atomic mass is 16.5. The molecule has 3 heteroatoms. The summed E-state index contributed by atoms with van der Waals surface area (Å²) in [6.07, 6.45) is 3.32. The van der Waals surface area contributed by atoms with Crippen molar-refractivity contribution >= 4 is 22.6 Å². The van der Waals surface area contributed by atoms with Crippen LogP contribution in [0.5, 0.6) is 11.5 Å². The number of allylic oxidation sites excluding steroid dienone is 1. The third kappa shape index (κ3) is 3.01. The zero-order valence-electron chi connectivity index (χ0n) is 13.7. The van der Waals surface area contributed by atoms with Gasteiger partial charge in [-0.1, -0.05) is 54.6 Å². The Morgan fingerprint density at radius 3 is 2.42 bits per heavy atom. The maximum Gasteiger partial charge on any atom is 0.186 e. The normalized spacial score (nSPS) is 10.9. The van der Waals surface area contributed by atoms with Gasteiger partial charge in [0.2, 0.25) is 0 Å². The van der Waals surface area contributed by atoms with Crippen LogP contribution in [0.15, 0.2) is 66.7 Å². The van der Waals surface area contributed by atoms with Gasteiger partial charge in [-0.15, -0.1) is 0 Å². The van der Waals surface area contributed by atoms with Gasteiger partial charge in [-0.3, -0.25) is 4.79 Å². The number of carbonyl (C=O) groups excluding carboxylic acids is 1. The molecule has 0 N–H and O–H groups in total. The quantitative estimate of drug-likeness (QED) is 0.503. The number of methoxy groups -OCH3 is 2. The lowest BCUT2D eigenvalue weighted by Crippen LogP contribution is -1.96. The van der Waals surface area contributed by atoms with Gasteiger partial charge in [0.15, 0.2) is 17.3 Å². The van der Waals surface area contributed by atoms with E-state index in [1.54, 1.807) is 26.4 Å². The molecule has 0 atom stereocenters. The fourth-order valence-electron chi connectivity index (χ4n) is 2.74. The van der Waals surface area contributed by atoms with Crippen molar-refractivity contribution in [3.8, 4) is 11.5 Å². The van der Waals surface area contributed by atoms with Crippen molar-refractivity contribution in [2.24, 2.45) is 0 Å². The molecule has 0 aliphatic heterocycles. The largest absolute Gasteiger partial charge is 0.493 e. The van der Waals surface area contributed by atoms with Crippen molar-refractivity contribution in [1.82, 2.24) is 0 Å². The summed E-state index contributed by atoms with van der Waals surface area (Å²) in [5, 5.41) is 2.00. The van der Waals surface area contributed by atoms with Gasteiger partial charge in [-0.25, -0.2) is 0 Å². The molecule has 0 heterocycles. The molecule has 3 aromatic carbocycles. The molecule has 0 saturated heterocycles. The van der Waals surface area contributed by atoms with Crippen LogP contribution in [0.4, 0.5) is 0 Å². The van der Waals surface area contributed by atoms with Crippen LogP contribution in [-0.2, 0) is 0 Å². The molecule has 0 bridgehead atoms. The molecule has 120 valence electrons. The maximum absolute atomic E-state index is 12.6. The van der Waals surface area contributed by atoms with Crippen LogP contribution < -0.4 is 9.47 Å². The lowest BCUT2D eigenvalue weighted by atomic mass is 10.0. The summed E-state index contributed by atoms with van der Waals surface area (Å²) >= 11 is 0. The van der Waals surface area contributed by atoms with E-state index >= 15 is 0 Å². The van der Waals surface area contributed by atoms with E-state index in [9.17, 15) is 4.79 Å². The SMILES string of the molecule is COc1cccc(/C=C/C(=O)c2cccc3ccccc23)c1OC. The van der Waals surface area contributed by atoms with Gasteiger partial charge in [0.1, 0.15) is 0 Å². The van der Waals surface area contributed by atoms with Crippen molar-refractivity contribution in [2.75, 3.05) is 14.2 Å². The first-order valence-corrected chi connectivity index (χ1v) is 7.65. The highest BCUT2D eigenvalue weighted by Crippen LogP contribution is 2.31. The number of para-hydroxylation sites is 1. The Labute approximate surface area is 141 Å². The van der Waals surface area contributed by atoms with Crippen LogP contribution in [0.2, 0.25) is 0 Å². The minimum atomic E-state index is -0.0447. The molecule has 0 spiro atoms.